The van der Waals surface area contributed by atoms with Gasteiger partial charge in [-0.3, -0.25) is 0 Å². The van der Waals surface area contributed by atoms with Gasteiger partial charge in [-0.1, -0.05) is 24.3 Å². The largest absolute Gasteiger partial charge is 0.490 e. The molecule has 0 atom stereocenters. The first-order valence-corrected chi connectivity index (χ1v) is 10.6. The molecule has 1 aromatic heterocycles. The van der Waals surface area contributed by atoms with Crippen molar-refractivity contribution in [3.05, 3.63) is 64.8 Å². The highest BCUT2D eigenvalue weighted by atomic mass is 79.9. The molecule has 1 fully saturated rings. The van der Waals surface area contributed by atoms with E-state index in [-0.39, 0.29) is 6.61 Å². The minimum Gasteiger partial charge on any atom is -0.490 e. The Bertz CT molecular complexity index is 1070. The number of nitrogens with zero attached hydrogens (tertiary/aromatic N) is 2. The molecule has 1 heterocycles. The molecule has 0 unspecified atom stereocenters. The summed E-state index contributed by atoms with van der Waals surface area (Å²) in [6, 6.07) is 17.7. The van der Waals surface area contributed by atoms with Crippen molar-refractivity contribution < 1.29 is 19.4 Å². The molecule has 3 aromatic rings. The van der Waals surface area contributed by atoms with Crippen molar-refractivity contribution >= 4 is 21.9 Å². The lowest BCUT2D eigenvalue weighted by Crippen LogP contribution is -2.34. The Labute approximate surface area is 183 Å². The van der Waals surface area contributed by atoms with Crippen molar-refractivity contribution in [3.63, 3.8) is 0 Å². The van der Waals surface area contributed by atoms with Crippen LogP contribution in [0.1, 0.15) is 32.4 Å². The Balaban J connectivity index is 1.71. The summed E-state index contributed by atoms with van der Waals surface area (Å²) in [4.78, 5) is 11.4. The third kappa shape index (κ3) is 4.57. The third-order valence-electron chi connectivity index (χ3n) is 4.89. The van der Waals surface area contributed by atoms with E-state index in [1.54, 1.807) is 0 Å². The zero-order valence-corrected chi connectivity index (χ0v) is 18.4. The highest BCUT2D eigenvalue weighted by molar-refractivity contribution is 9.10. The standard InChI is InChI=1S/C23H23BrN2O4/c1-23(2,22(27)28)29-14-16-13-21(26(25-16)20-9-4-3-8-19(20)24)15-6-5-7-18(12-15)30-17-10-11-17/h3-9,12-13,17H,10-11,14H2,1-2H3,(H,27,28). The summed E-state index contributed by atoms with van der Waals surface area (Å²) in [7, 11) is 0. The lowest BCUT2D eigenvalue weighted by Gasteiger charge is -2.19. The van der Waals surface area contributed by atoms with Crippen molar-refractivity contribution in [2.75, 3.05) is 0 Å². The van der Waals surface area contributed by atoms with Crippen LogP contribution in [0.4, 0.5) is 0 Å². The van der Waals surface area contributed by atoms with Gasteiger partial charge >= 0.3 is 5.97 Å². The number of halogens is 1. The quantitative estimate of drug-likeness (QED) is 0.488. The molecule has 0 bridgehead atoms. The van der Waals surface area contributed by atoms with E-state index in [1.165, 1.54) is 13.8 Å². The summed E-state index contributed by atoms with van der Waals surface area (Å²) < 4.78 is 14.3. The van der Waals surface area contributed by atoms with E-state index in [0.717, 1.165) is 40.0 Å². The average Bonchev–Trinajstić information content (AvgIpc) is 3.42. The Morgan fingerprint density at radius 3 is 2.67 bits per heavy atom. The van der Waals surface area contributed by atoms with Crippen molar-refractivity contribution in [2.24, 2.45) is 0 Å². The fourth-order valence-corrected chi connectivity index (χ4v) is 3.39. The number of carboxylic acid groups (broad SMARTS) is 1. The van der Waals surface area contributed by atoms with E-state index in [9.17, 15) is 9.90 Å². The Kier molecular flexibility index (Phi) is 5.66. The number of para-hydroxylation sites is 1. The van der Waals surface area contributed by atoms with Crippen LogP contribution in [0.5, 0.6) is 5.75 Å². The summed E-state index contributed by atoms with van der Waals surface area (Å²) in [5, 5.41) is 14.0. The number of hydrogen-bond acceptors (Lipinski definition) is 4. The monoisotopic (exact) mass is 470 g/mol. The number of hydrogen-bond donors (Lipinski definition) is 1. The molecular weight excluding hydrogens is 448 g/mol. The zero-order valence-electron chi connectivity index (χ0n) is 16.8. The SMILES string of the molecule is CC(C)(OCc1cc(-c2cccc(OC3CC3)c2)n(-c2ccccc2Br)n1)C(=O)O. The molecule has 2 aromatic carbocycles. The van der Waals surface area contributed by atoms with Crippen LogP contribution in [-0.4, -0.2) is 32.6 Å². The molecule has 1 aliphatic carbocycles. The topological polar surface area (TPSA) is 73.6 Å². The average molecular weight is 471 g/mol. The number of carbonyl (C=O) groups is 1. The lowest BCUT2D eigenvalue weighted by molar-refractivity contribution is -0.162. The van der Waals surface area contributed by atoms with E-state index in [2.05, 4.69) is 15.9 Å². The molecular formula is C23H23BrN2O4. The van der Waals surface area contributed by atoms with Gasteiger partial charge in [0, 0.05) is 10.0 Å². The van der Waals surface area contributed by atoms with Crippen molar-refractivity contribution in [2.45, 2.75) is 45.0 Å². The predicted molar refractivity (Wildman–Crippen MR) is 117 cm³/mol. The van der Waals surface area contributed by atoms with E-state index in [1.807, 2.05) is 59.3 Å². The molecule has 0 spiro atoms. The van der Waals surface area contributed by atoms with Crippen LogP contribution >= 0.6 is 15.9 Å². The van der Waals surface area contributed by atoms with Gasteiger partial charge in [-0.15, -0.1) is 0 Å². The molecule has 30 heavy (non-hydrogen) atoms. The smallest absolute Gasteiger partial charge is 0.335 e. The van der Waals surface area contributed by atoms with Gasteiger partial charge in [0.1, 0.15) is 5.75 Å². The molecule has 4 rings (SSSR count). The maximum absolute atomic E-state index is 11.4. The molecule has 0 amide bonds. The summed E-state index contributed by atoms with van der Waals surface area (Å²) in [6.45, 7) is 3.14. The Morgan fingerprint density at radius 2 is 1.97 bits per heavy atom. The molecule has 1 saturated carbocycles. The van der Waals surface area contributed by atoms with Crippen molar-refractivity contribution in [1.29, 1.82) is 0 Å². The first-order valence-electron chi connectivity index (χ1n) is 9.82. The molecule has 1 aliphatic rings. The highest BCUT2D eigenvalue weighted by Gasteiger charge is 2.28. The number of ether oxygens (including phenoxy) is 2. The van der Waals surface area contributed by atoms with E-state index >= 15 is 0 Å². The molecule has 0 radical (unpaired) electrons. The van der Waals surface area contributed by atoms with E-state index < -0.39 is 11.6 Å². The van der Waals surface area contributed by atoms with Crippen LogP contribution < -0.4 is 4.74 Å². The van der Waals surface area contributed by atoms with Gasteiger partial charge in [-0.2, -0.15) is 5.10 Å². The second-order valence-corrected chi connectivity index (χ2v) is 8.69. The Hall–Kier alpha value is -2.64. The van der Waals surface area contributed by atoms with Gasteiger partial charge in [-0.25, -0.2) is 9.48 Å². The number of benzene rings is 2. The van der Waals surface area contributed by atoms with Gasteiger partial charge < -0.3 is 14.6 Å². The minimum absolute atomic E-state index is 0.0853. The van der Waals surface area contributed by atoms with Crippen LogP contribution in [0, 0.1) is 0 Å². The fraction of sp³-hybridized carbons (Fsp3) is 0.304. The van der Waals surface area contributed by atoms with Gasteiger partial charge in [-0.05, 0) is 73.0 Å². The molecule has 0 saturated heterocycles. The summed E-state index contributed by atoms with van der Waals surface area (Å²) >= 11 is 3.60. The van der Waals surface area contributed by atoms with Gasteiger partial charge in [0.2, 0.25) is 0 Å². The molecule has 7 heteroatoms. The molecule has 0 aliphatic heterocycles. The highest BCUT2D eigenvalue weighted by Crippen LogP contribution is 2.32. The first-order chi connectivity index (χ1) is 14.3. The second-order valence-electron chi connectivity index (χ2n) is 7.83. The molecule has 6 nitrogen and oxygen atoms in total. The summed E-state index contributed by atoms with van der Waals surface area (Å²) in [5.41, 5.74) is 2.05. The van der Waals surface area contributed by atoms with Gasteiger partial charge in [0.05, 0.1) is 29.8 Å². The van der Waals surface area contributed by atoms with Crippen LogP contribution in [0.15, 0.2) is 59.1 Å². The summed E-state index contributed by atoms with van der Waals surface area (Å²) in [6.07, 6.45) is 2.51. The minimum atomic E-state index is -1.30. The predicted octanol–water partition coefficient (Wildman–Crippen LogP) is 5.22. The van der Waals surface area contributed by atoms with Crippen LogP contribution in [0.25, 0.3) is 16.9 Å². The van der Waals surface area contributed by atoms with Gasteiger partial charge in [0.25, 0.3) is 0 Å². The lowest BCUT2D eigenvalue weighted by atomic mass is 10.1. The van der Waals surface area contributed by atoms with Gasteiger partial charge in [0.15, 0.2) is 5.60 Å². The van der Waals surface area contributed by atoms with Crippen LogP contribution in [-0.2, 0) is 16.1 Å². The molecule has 1 N–H and O–H groups in total. The maximum atomic E-state index is 11.4. The normalized spacial score (nSPS) is 14.0. The summed E-state index contributed by atoms with van der Waals surface area (Å²) in [5.74, 6) is -0.183. The molecule has 156 valence electrons. The Morgan fingerprint density at radius 1 is 1.20 bits per heavy atom. The van der Waals surface area contributed by atoms with Crippen molar-refractivity contribution in [3.8, 4) is 22.7 Å². The van der Waals surface area contributed by atoms with E-state index in [0.29, 0.717) is 11.8 Å². The van der Waals surface area contributed by atoms with Crippen molar-refractivity contribution in [1.82, 2.24) is 9.78 Å². The number of aromatic nitrogens is 2. The van der Waals surface area contributed by atoms with E-state index in [4.69, 9.17) is 14.6 Å². The van der Waals surface area contributed by atoms with Crippen LogP contribution in [0.3, 0.4) is 0 Å². The third-order valence-corrected chi connectivity index (χ3v) is 5.56. The maximum Gasteiger partial charge on any atom is 0.335 e. The number of aliphatic carboxylic acids is 1. The van der Waals surface area contributed by atoms with Crippen LogP contribution in [0.2, 0.25) is 0 Å². The zero-order chi connectivity index (χ0) is 21.3. The fourth-order valence-electron chi connectivity index (χ4n) is 2.94. The number of rotatable bonds is 8. The first kappa shape index (κ1) is 20.6. The second kappa shape index (κ2) is 8.24. The number of carboxylic acids is 1.